The first-order valence-electron chi connectivity index (χ1n) is 13.4. The van der Waals surface area contributed by atoms with Gasteiger partial charge >= 0.3 is 0 Å². The van der Waals surface area contributed by atoms with Gasteiger partial charge in [-0.05, 0) is 79.5 Å². The molecule has 0 bridgehead atoms. The molecule has 1 atom stereocenters. The first kappa shape index (κ1) is 23.5. The number of aryl methyl sites for hydroxylation is 1. The van der Waals surface area contributed by atoms with E-state index in [9.17, 15) is 4.79 Å². The molecule has 1 aliphatic carbocycles. The average Bonchev–Trinajstić information content (AvgIpc) is 3.06. The van der Waals surface area contributed by atoms with Gasteiger partial charge in [0.05, 0.1) is 17.6 Å². The minimum atomic E-state index is 0.0971. The molecule has 4 aromatic rings. The standard InChI is InChI=1S/C32H33N3O2/c1-22-33-29-13-11-27(20-30(29)34-22)26-12-14-31-28(19-26)21-35(15-16-37-31)32(36)18-23-7-5-6-10-25(17-23)24-8-3-2-4-9-24/h2-4,8-9,11-14,18-20,25H,5-7,10,15-17,21H2,1H3,(H,33,34)/b23-18+. The van der Waals surface area contributed by atoms with Crippen LogP contribution in [0, 0.1) is 6.92 Å². The molecule has 5 nitrogen and oxygen atoms in total. The van der Waals surface area contributed by atoms with Gasteiger partial charge in [-0.1, -0.05) is 54.5 Å². The number of imidazole rings is 1. The topological polar surface area (TPSA) is 58.2 Å². The number of amides is 1. The van der Waals surface area contributed by atoms with Crippen LogP contribution in [0.5, 0.6) is 5.75 Å². The van der Waals surface area contributed by atoms with Crippen molar-refractivity contribution in [2.45, 2.75) is 51.5 Å². The molecule has 0 saturated heterocycles. The molecule has 2 heterocycles. The summed E-state index contributed by atoms with van der Waals surface area (Å²) in [4.78, 5) is 23.2. The van der Waals surface area contributed by atoms with Gasteiger partial charge < -0.3 is 14.6 Å². The summed E-state index contributed by atoms with van der Waals surface area (Å²) in [6.45, 7) is 3.62. The van der Waals surface area contributed by atoms with Crippen LogP contribution in [0.1, 0.15) is 55.0 Å². The van der Waals surface area contributed by atoms with Crippen molar-refractivity contribution in [3.8, 4) is 16.9 Å². The molecule has 6 rings (SSSR count). The third kappa shape index (κ3) is 5.17. The van der Waals surface area contributed by atoms with Crippen molar-refractivity contribution >= 4 is 16.9 Å². The SMILES string of the molecule is Cc1nc2ccc(-c3ccc4c(c3)CN(C(=O)/C=C3\CCCCC(c5ccccc5)C3)CCO4)cc2[nH]1. The van der Waals surface area contributed by atoms with Crippen LogP contribution in [0.2, 0.25) is 0 Å². The third-order valence-corrected chi connectivity index (χ3v) is 7.69. The average molecular weight is 492 g/mol. The van der Waals surface area contributed by atoms with Gasteiger partial charge in [0.2, 0.25) is 5.91 Å². The molecule has 1 aliphatic heterocycles. The lowest BCUT2D eigenvalue weighted by Gasteiger charge is -2.20. The lowest BCUT2D eigenvalue weighted by Crippen LogP contribution is -2.31. The van der Waals surface area contributed by atoms with E-state index in [0.29, 0.717) is 25.6 Å². The van der Waals surface area contributed by atoms with Gasteiger partial charge in [-0.25, -0.2) is 4.98 Å². The smallest absolute Gasteiger partial charge is 0.246 e. The normalized spacial score (nSPS) is 19.2. The van der Waals surface area contributed by atoms with Gasteiger partial charge in [-0.2, -0.15) is 0 Å². The van der Waals surface area contributed by atoms with Gasteiger partial charge in [-0.15, -0.1) is 0 Å². The maximum absolute atomic E-state index is 13.5. The number of benzene rings is 3. The number of aromatic amines is 1. The number of nitrogens with zero attached hydrogens (tertiary/aromatic N) is 2. The summed E-state index contributed by atoms with van der Waals surface area (Å²) < 4.78 is 6.05. The number of fused-ring (bicyclic) bond motifs is 2. The van der Waals surface area contributed by atoms with E-state index in [1.165, 1.54) is 24.0 Å². The zero-order valence-electron chi connectivity index (χ0n) is 21.4. The van der Waals surface area contributed by atoms with E-state index in [1.807, 2.05) is 30.0 Å². The molecule has 1 fully saturated rings. The van der Waals surface area contributed by atoms with E-state index in [1.54, 1.807) is 0 Å². The second-order valence-corrected chi connectivity index (χ2v) is 10.3. The second-order valence-electron chi connectivity index (χ2n) is 10.3. The van der Waals surface area contributed by atoms with E-state index in [0.717, 1.165) is 58.6 Å². The number of rotatable bonds is 3. The maximum atomic E-state index is 13.5. The molecule has 0 spiro atoms. The van der Waals surface area contributed by atoms with Gasteiger partial charge in [0.15, 0.2) is 0 Å². The largest absolute Gasteiger partial charge is 0.491 e. The predicted octanol–water partition coefficient (Wildman–Crippen LogP) is 6.93. The van der Waals surface area contributed by atoms with Gasteiger partial charge in [0, 0.05) is 18.2 Å². The summed E-state index contributed by atoms with van der Waals surface area (Å²) in [5, 5.41) is 0. The lowest BCUT2D eigenvalue weighted by atomic mass is 9.90. The summed E-state index contributed by atoms with van der Waals surface area (Å²) in [5.74, 6) is 2.37. The molecule has 1 aromatic heterocycles. The van der Waals surface area contributed by atoms with Crippen molar-refractivity contribution in [3.05, 3.63) is 95.3 Å². The zero-order valence-corrected chi connectivity index (χ0v) is 21.4. The van der Waals surface area contributed by atoms with Crippen LogP contribution in [0.15, 0.2) is 78.4 Å². The molecule has 5 heteroatoms. The van der Waals surface area contributed by atoms with E-state index >= 15 is 0 Å². The molecule has 1 unspecified atom stereocenters. The Morgan fingerprint density at radius 1 is 1.05 bits per heavy atom. The highest BCUT2D eigenvalue weighted by atomic mass is 16.5. The summed E-state index contributed by atoms with van der Waals surface area (Å²) in [7, 11) is 0. The Labute approximate surface area is 218 Å². The molecule has 3 aromatic carbocycles. The highest BCUT2D eigenvalue weighted by molar-refractivity contribution is 5.88. The molecular weight excluding hydrogens is 458 g/mol. The van der Waals surface area contributed by atoms with E-state index in [4.69, 9.17) is 4.74 Å². The molecule has 188 valence electrons. The van der Waals surface area contributed by atoms with Crippen molar-refractivity contribution in [1.29, 1.82) is 0 Å². The lowest BCUT2D eigenvalue weighted by molar-refractivity contribution is -0.126. The number of nitrogens with one attached hydrogen (secondary N) is 1. The van der Waals surface area contributed by atoms with Crippen LogP contribution in [-0.2, 0) is 11.3 Å². The van der Waals surface area contributed by atoms with Crippen LogP contribution in [0.4, 0.5) is 0 Å². The number of ether oxygens (including phenoxy) is 1. The number of hydrogen-bond donors (Lipinski definition) is 1. The van der Waals surface area contributed by atoms with Crippen LogP contribution < -0.4 is 4.74 Å². The first-order chi connectivity index (χ1) is 18.1. The zero-order chi connectivity index (χ0) is 25.2. The summed E-state index contributed by atoms with van der Waals surface area (Å²) in [5.41, 5.74) is 7.94. The van der Waals surface area contributed by atoms with Crippen LogP contribution in [0.3, 0.4) is 0 Å². The molecule has 2 aliphatic rings. The fourth-order valence-electron chi connectivity index (χ4n) is 5.75. The number of carbonyl (C=O) groups excluding carboxylic acids is 1. The third-order valence-electron chi connectivity index (χ3n) is 7.69. The highest BCUT2D eigenvalue weighted by Gasteiger charge is 2.22. The fraction of sp³-hybridized carbons (Fsp3) is 0.312. The Balaban J connectivity index is 1.22. The van der Waals surface area contributed by atoms with Crippen molar-refractivity contribution < 1.29 is 9.53 Å². The Morgan fingerprint density at radius 3 is 2.78 bits per heavy atom. The van der Waals surface area contributed by atoms with Crippen molar-refractivity contribution in [2.24, 2.45) is 0 Å². The Morgan fingerprint density at radius 2 is 1.89 bits per heavy atom. The van der Waals surface area contributed by atoms with Gasteiger partial charge in [-0.3, -0.25) is 4.79 Å². The van der Waals surface area contributed by atoms with E-state index < -0.39 is 0 Å². The maximum Gasteiger partial charge on any atom is 0.246 e. The summed E-state index contributed by atoms with van der Waals surface area (Å²) in [6.07, 6.45) is 7.45. The van der Waals surface area contributed by atoms with Crippen molar-refractivity contribution in [3.63, 3.8) is 0 Å². The van der Waals surface area contributed by atoms with Crippen LogP contribution in [-0.4, -0.2) is 33.9 Å². The number of H-pyrrole nitrogens is 1. The van der Waals surface area contributed by atoms with Crippen molar-refractivity contribution in [1.82, 2.24) is 14.9 Å². The monoisotopic (exact) mass is 491 g/mol. The minimum Gasteiger partial charge on any atom is -0.491 e. The number of carbonyl (C=O) groups is 1. The molecule has 1 N–H and O–H groups in total. The summed E-state index contributed by atoms with van der Waals surface area (Å²) in [6, 6.07) is 23.3. The molecule has 1 saturated carbocycles. The second kappa shape index (κ2) is 10.3. The minimum absolute atomic E-state index is 0.0971. The quantitative estimate of drug-likeness (QED) is 0.250. The Hall–Kier alpha value is -3.86. The Bertz CT molecular complexity index is 1450. The predicted molar refractivity (Wildman–Crippen MR) is 148 cm³/mol. The van der Waals surface area contributed by atoms with E-state index in [-0.39, 0.29) is 5.91 Å². The molecule has 37 heavy (non-hydrogen) atoms. The molecule has 1 amide bonds. The first-order valence-corrected chi connectivity index (χ1v) is 13.4. The molecular formula is C32H33N3O2. The highest BCUT2D eigenvalue weighted by Crippen LogP contribution is 2.35. The van der Waals surface area contributed by atoms with Crippen molar-refractivity contribution in [2.75, 3.05) is 13.2 Å². The fourth-order valence-corrected chi connectivity index (χ4v) is 5.75. The van der Waals surface area contributed by atoms with Crippen LogP contribution >= 0.6 is 0 Å². The van der Waals surface area contributed by atoms with Gasteiger partial charge in [0.1, 0.15) is 18.2 Å². The summed E-state index contributed by atoms with van der Waals surface area (Å²) >= 11 is 0. The van der Waals surface area contributed by atoms with Gasteiger partial charge in [0.25, 0.3) is 0 Å². The number of hydrogen-bond acceptors (Lipinski definition) is 3. The van der Waals surface area contributed by atoms with E-state index in [2.05, 4.69) is 64.6 Å². The number of aromatic nitrogens is 2. The molecule has 0 radical (unpaired) electrons. The number of allylic oxidation sites excluding steroid dienone is 1. The van der Waals surface area contributed by atoms with Crippen LogP contribution in [0.25, 0.3) is 22.2 Å². The Kier molecular flexibility index (Phi) is 6.52.